The fourth-order valence-electron chi connectivity index (χ4n) is 1.88. The Labute approximate surface area is 92.0 Å². The minimum atomic E-state index is -2.89. The number of hydrogen-bond donors (Lipinski definition) is 2. The maximum atomic E-state index is 11.4. The maximum absolute atomic E-state index is 11.4. The molecule has 0 aliphatic heterocycles. The summed E-state index contributed by atoms with van der Waals surface area (Å²) < 4.78 is 22.8. The van der Waals surface area contributed by atoms with E-state index in [1.54, 1.807) is 0 Å². The molecule has 1 fully saturated rings. The minimum absolute atomic E-state index is 0.112. The lowest BCUT2D eigenvalue weighted by Gasteiger charge is -2.41. The highest BCUT2D eigenvalue weighted by Gasteiger charge is 2.35. The normalized spacial score (nSPS) is 19.9. The second-order valence-corrected chi connectivity index (χ2v) is 6.67. The van der Waals surface area contributed by atoms with Crippen molar-refractivity contribution in [1.29, 1.82) is 0 Å². The molecule has 0 aromatic carbocycles. The van der Waals surface area contributed by atoms with Crippen LogP contribution >= 0.6 is 0 Å². The van der Waals surface area contributed by atoms with Crippen molar-refractivity contribution in [2.75, 3.05) is 24.7 Å². The molecule has 0 amide bonds. The first-order chi connectivity index (χ1) is 7.04. The van der Waals surface area contributed by atoms with E-state index < -0.39 is 9.84 Å². The first kappa shape index (κ1) is 12.9. The highest BCUT2D eigenvalue weighted by Crippen LogP contribution is 2.30. The van der Waals surface area contributed by atoms with Crippen molar-refractivity contribution in [2.24, 2.45) is 0 Å². The zero-order valence-corrected chi connectivity index (χ0v) is 10.1. The van der Waals surface area contributed by atoms with E-state index in [-0.39, 0.29) is 23.7 Å². The van der Waals surface area contributed by atoms with Gasteiger partial charge in [-0.3, -0.25) is 0 Å². The first-order valence-electron chi connectivity index (χ1n) is 5.60. The van der Waals surface area contributed by atoms with Crippen LogP contribution in [0.25, 0.3) is 0 Å². The Balaban J connectivity index is 2.26. The summed E-state index contributed by atoms with van der Waals surface area (Å²) in [6.45, 7) is 2.44. The monoisotopic (exact) mass is 235 g/mol. The van der Waals surface area contributed by atoms with Gasteiger partial charge in [-0.05, 0) is 25.7 Å². The Hall–Kier alpha value is -0.130. The van der Waals surface area contributed by atoms with Crippen LogP contribution < -0.4 is 5.32 Å². The lowest BCUT2D eigenvalue weighted by Crippen LogP contribution is -2.55. The minimum Gasteiger partial charge on any atom is -0.394 e. The molecule has 1 rings (SSSR count). The molecule has 0 atom stereocenters. The Kier molecular flexibility index (Phi) is 4.55. The van der Waals surface area contributed by atoms with Crippen molar-refractivity contribution < 1.29 is 13.5 Å². The van der Waals surface area contributed by atoms with E-state index in [4.69, 9.17) is 5.11 Å². The van der Waals surface area contributed by atoms with E-state index in [1.807, 2.05) is 6.92 Å². The quantitative estimate of drug-likeness (QED) is 0.667. The van der Waals surface area contributed by atoms with Gasteiger partial charge < -0.3 is 10.4 Å². The summed E-state index contributed by atoms with van der Waals surface area (Å²) in [6.07, 6.45) is 3.71. The van der Waals surface area contributed by atoms with Crippen LogP contribution in [0, 0.1) is 0 Å². The molecule has 0 aromatic heterocycles. The lowest BCUT2D eigenvalue weighted by molar-refractivity contribution is 0.0910. The molecule has 0 spiro atoms. The molecule has 0 bridgehead atoms. The third-order valence-corrected chi connectivity index (χ3v) is 4.90. The molecule has 0 unspecified atom stereocenters. The van der Waals surface area contributed by atoms with Gasteiger partial charge in [-0.25, -0.2) is 8.42 Å². The van der Waals surface area contributed by atoms with Crippen LogP contribution in [0.2, 0.25) is 0 Å². The van der Waals surface area contributed by atoms with Crippen molar-refractivity contribution in [1.82, 2.24) is 5.32 Å². The first-order valence-corrected chi connectivity index (χ1v) is 7.42. The Bertz CT molecular complexity index is 278. The number of nitrogens with one attached hydrogen (secondary N) is 1. The summed E-state index contributed by atoms with van der Waals surface area (Å²) in [5.41, 5.74) is -0.179. The summed E-state index contributed by atoms with van der Waals surface area (Å²) in [7, 11) is -2.89. The average molecular weight is 235 g/mol. The number of aliphatic hydroxyl groups excluding tert-OH is 1. The number of sulfone groups is 1. The summed E-state index contributed by atoms with van der Waals surface area (Å²) in [6, 6.07) is 0. The Morgan fingerprint density at radius 2 is 2.00 bits per heavy atom. The lowest BCUT2D eigenvalue weighted by atomic mass is 9.77. The van der Waals surface area contributed by atoms with E-state index in [0.717, 1.165) is 19.3 Å². The predicted octanol–water partition coefficient (Wildman–Crippen LogP) is 0.316. The average Bonchev–Trinajstić information content (AvgIpc) is 2.09. The van der Waals surface area contributed by atoms with Crippen molar-refractivity contribution >= 4 is 9.84 Å². The number of rotatable bonds is 7. The van der Waals surface area contributed by atoms with Crippen molar-refractivity contribution in [3.8, 4) is 0 Å². The Morgan fingerprint density at radius 1 is 1.33 bits per heavy atom. The maximum Gasteiger partial charge on any atom is 0.151 e. The summed E-state index contributed by atoms with van der Waals surface area (Å²) in [4.78, 5) is 0. The van der Waals surface area contributed by atoms with Crippen LogP contribution in [-0.4, -0.2) is 43.7 Å². The SMILES string of the molecule is CCCS(=O)(=O)CCNC1(CO)CCC1. The molecule has 0 heterocycles. The smallest absolute Gasteiger partial charge is 0.151 e. The molecule has 1 aliphatic rings. The van der Waals surface area contributed by atoms with Crippen molar-refractivity contribution in [3.05, 3.63) is 0 Å². The van der Waals surface area contributed by atoms with Crippen LogP contribution in [0.5, 0.6) is 0 Å². The molecule has 0 aromatic rings. The van der Waals surface area contributed by atoms with Crippen LogP contribution in [0.15, 0.2) is 0 Å². The van der Waals surface area contributed by atoms with Gasteiger partial charge in [0.1, 0.15) is 0 Å². The highest BCUT2D eigenvalue weighted by molar-refractivity contribution is 7.91. The van der Waals surface area contributed by atoms with Gasteiger partial charge in [-0.15, -0.1) is 0 Å². The second-order valence-electron chi connectivity index (χ2n) is 4.37. The molecule has 0 saturated heterocycles. The molecule has 0 radical (unpaired) electrons. The van der Waals surface area contributed by atoms with Crippen LogP contribution in [0.3, 0.4) is 0 Å². The van der Waals surface area contributed by atoms with Crippen LogP contribution in [0.4, 0.5) is 0 Å². The molecule has 1 saturated carbocycles. The van der Waals surface area contributed by atoms with E-state index >= 15 is 0 Å². The third-order valence-electron chi connectivity index (χ3n) is 3.04. The van der Waals surface area contributed by atoms with Gasteiger partial charge >= 0.3 is 0 Å². The number of hydrogen-bond acceptors (Lipinski definition) is 4. The van der Waals surface area contributed by atoms with Gasteiger partial charge in [-0.1, -0.05) is 6.92 Å². The second kappa shape index (κ2) is 5.27. The number of aliphatic hydroxyl groups is 1. The molecule has 1 aliphatic carbocycles. The van der Waals surface area contributed by atoms with E-state index in [9.17, 15) is 8.42 Å². The van der Waals surface area contributed by atoms with Crippen LogP contribution in [-0.2, 0) is 9.84 Å². The van der Waals surface area contributed by atoms with Gasteiger partial charge in [0, 0.05) is 17.8 Å². The molecule has 5 heteroatoms. The van der Waals surface area contributed by atoms with E-state index in [2.05, 4.69) is 5.32 Å². The molecular weight excluding hydrogens is 214 g/mol. The molecule has 2 N–H and O–H groups in total. The standard InChI is InChI=1S/C10H21NO3S/c1-2-7-15(13,14)8-6-11-10(9-12)4-3-5-10/h11-12H,2-9H2,1H3. The highest BCUT2D eigenvalue weighted by atomic mass is 32.2. The molecule has 4 nitrogen and oxygen atoms in total. The van der Waals surface area contributed by atoms with E-state index in [0.29, 0.717) is 13.0 Å². The topological polar surface area (TPSA) is 66.4 Å². The van der Waals surface area contributed by atoms with Gasteiger partial charge in [-0.2, -0.15) is 0 Å². The summed E-state index contributed by atoms with van der Waals surface area (Å²) in [5, 5.41) is 12.3. The molecular formula is C10H21NO3S. The fourth-order valence-corrected chi connectivity index (χ4v) is 3.12. The van der Waals surface area contributed by atoms with Gasteiger partial charge in [0.05, 0.1) is 12.4 Å². The molecule has 15 heavy (non-hydrogen) atoms. The van der Waals surface area contributed by atoms with Crippen LogP contribution in [0.1, 0.15) is 32.6 Å². The Morgan fingerprint density at radius 3 is 2.40 bits per heavy atom. The van der Waals surface area contributed by atoms with Crippen molar-refractivity contribution in [3.63, 3.8) is 0 Å². The largest absolute Gasteiger partial charge is 0.394 e. The van der Waals surface area contributed by atoms with Gasteiger partial charge in [0.25, 0.3) is 0 Å². The summed E-state index contributed by atoms with van der Waals surface area (Å²) in [5.74, 6) is 0.448. The zero-order valence-electron chi connectivity index (χ0n) is 9.33. The predicted molar refractivity (Wildman–Crippen MR) is 60.6 cm³/mol. The van der Waals surface area contributed by atoms with E-state index in [1.165, 1.54) is 0 Å². The van der Waals surface area contributed by atoms with Gasteiger partial charge in [0.2, 0.25) is 0 Å². The van der Waals surface area contributed by atoms with Crippen molar-refractivity contribution in [2.45, 2.75) is 38.1 Å². The molecule has 90 valence electrons. The zero-order chi connectivity index (χ0) is 11.4. The fraction of sp³-hybridized carbons (Fsp3) is 1.00. The van der Waals surface area contributed by atoms with Gasteiger partial charge in [0.15, 0.2) is 9.84 Å². The summed E-state index contributed by atoms with van der Waals surface area (Å²) >= 11 is 0. The third kappa shape index (κ3) is 3.74.